The van der Waals surface area contributed by atoms with E-state index >= 15 is 0 Å². The van der Waals surface area contributed by atoms with Crippen LogP contribution in [-0.2, 0) is 22.6 Å². The van der Waals surface area contributed by atoms with Crippen LogP contribution in [0.2, 0.25) is 0 Å². The molecule has 27 heavy (non-hydrogen) atoms. The molecule has 1 aliphatic heterocycles. The van der Waals surface area contributed by atoms with E-state index in [0.717, 1.165) is 36.3 Å². The highest BCUT2D eigenvalue weighted by molar-refractivity contribution is 5.85. The number of hydrogen-bond acceptors (Lipinski definition) is 4. The van der Waals surface area contributed by atoms with Gasteiger partial charge in [0.2, 0.25) is 0 Å². The summed E-state index contributed by atoms with van der Waals surface area (Å²) in [4.78, 5) is 13.9. The predicted octanol–water partition coefficient (Wildman–Crippen LogP) is 4.07. The van der Waals surface area contributed by atoms with Gasteiger partial charge in [-0.3, -0.25) is 4.79 Å². The van der Waals surface area contributed by atoms with Gasteiger partial charge < -0.3 is 14.4 Å². The first kappa shape index (κ1) is 19.2. The van der Waals surface area contributed by atoms with Crippen molar-refractivity contribution in [1.29, 1.82) is 0 Å². The second kappa shape index (κ2) is 8.87. The Labute approximate surface area is 161 Å². The maximum Gasteiger partial charge on any atom is 0.309 e. The summed E-state index contributed by atoms with van der Waals surface area (Å²) in [5.74, 6) is 0.625. The molecule has 2 aromatic carbocycles. The second-order valence-electron chi connectivity index (χ2n) is 7.09. The SMILES string of the molecule is COC(=O)Cc1ccc2c(c1)/C(=C/CCCN(C)C)c1ccccc1CO2. The molecule has 1 heterocycles. The van der Waals surface area contributed by atoms with Crippen LogP contribution in [0.5, 0.6) is 5.75 Å². The minimum atomic E-state index is -0.235. The molecule has 0 radical (unpaired) electrons. The third kappa shape index (κ3) is 4.77. The molecule has 142 valence electrons. The Morgan fingerprint density at radius 3 is 2.78 bits per heavy atom. The Morgan fingerprint density at radius 2 is 2.00 bits per heavy atom. The number of carbonyl (C=O) groups is 1. The van der Waals surface area contributed by atoms with Gasteiger partial charge in [-0.2, -0.15) is 0 Å². The summed E-state index contributed by atoms with van der Waals surface area (Å²) in [6.07, 6.45) is 4.65. The van der Waals surface area contributed by atoms with E-state index in [9.17, 15) is 4.79 Å². The van der Waals surface area contributed by atoms with Gasteiger partial charge in [-0.25, -0.2) is 0 Å². The van der Waals surface area contributed by atoms with Gasteiger partial charge in [0.1, 0.15) is 12.4 Å². The lowest BCUT2D eigenvalue weighted by Crippen LogP contribution is -2.12. The fourth-order valence-corrected chi connectivity index (χ4v) is 3.35. The van der Waals surface area contributed by atoms with Crippen molar-refractivity contribution >= 4 is 11.5 Å². The van der Waals surface area contributed by atoms with Crippen LogP contribution >= 0.6 is 0 Å². The summed E-state index contributed by atoms with van der Waals surface area (Å²) in [6.45, 7) is 1.60. The van der Waals surface area contributed by atoms with Gasteiger partial charge in [0.05, 0.1) is 13.5 Å². The number of methoxy groups -OCH3 is 1. The van der Waals surface area contributed by atoms with E-state index in [0.29, 0.717) is 6.61 Å². The number of rotatable bonds is 6. The molecule has 3 rings (SSSR count). The summed E-state index contributed by atoms with van der Waals surface area (Å²) in [5.41, 5.74) is 5.55. The average molecular weight is 365 g/mol. The molecule has 1 aliphatic rings. The van der Waals surface area contributed by atoms with Gasteiger partial charge in [-0.1, -0.05) is 36.4 Å². The molecule has 0 N–H and O–H groups in total. The van der Waals surface area contributed by atoms with Crippen LogP contribution in [0, 0.1) is 0 Å². The van der Waals surface area contributed by atoms with Crippen LogP contribution in [0.15, 0.2) is 48.5 Å². The Balaban J connectivity index is 1.99. The van der Waals surface area contributed by atoms with Crippen LogP contribution in [-0.4, -0.2) is 38.6 Å². The summed E-state index contributed by atoms with van der Waals surface area (Å²) >= 11 is 0. The van der Waals surface area contributed by atoms with Crippen molar-refractivity contribution in [2.24, 2.45) is 0 Å². The quantitative estimate of drug-likeness (QED) is 0.571. The summed E-state index contributed by atoms with van der Waals surface area (Å²) in [5, 5.41) is 0. The van der Waals surface area contributed by atoms with E-state index in [2.05, 4.69) is 49.3 Å². The number of benzene rings is 2. The lowest BCUT2D eigenvalue weighted by molar-refractivity contribution is -0.139. The van der Waals surface area contributed by atoms with Crippen LogP contribution < -0.4 is 4.74 Å². The standard InChI is InChI=1S/C23H27NO3/c1-24(2)13-7-6-10-20-19-9-5-4-8-18(19)16-27-22-12-11-17(14-21(20)22)15-23(25)26-3/h4-5,8-12,14H,6-7,13,15-16H2,1-3H3/b20-10+. The molecular weight excluding hydrogens is 338 g/mol. The second-order valence-corrected chi connectivity index (χ2v) is 7.09. The van der Waals surface area contributed by atoms with E-state index in [4.69, 9.17) is 9.47 Å². The highest BCUT2D eigenvalue weighted by Gasteiger charge is 2.19. The van der Waals surface area contributed by atoms with E-state index < -0.39 is 0 Å². The first-order valence-electron chi connectivity index (χ1n) is 9.34. The van der Waals surface area contributed by atoms with Gasteiger partial charge in [0, 0.05) is 5.56 Å². The van der Waals surface area contributed by atoms with Gasteiger partial charge in [0.15, 0.2) is 0 Å². The molecule has 2 aromatic rings. The number of fused-ring (bicyclic) bond motifs is 2. The van der Waals surface area contributed by atoms with Crippen LogP contribution in [0.1, 0.15) is 35.1 Å². The lowest BCUT2D eigenvalue weighted by atomic mass is 9.92. The maximum absolute atomic E-state index is 11.7. The van der Waals surface area contributed by atoms with E-state index in [1.54, 1.807) is 0 Å². The number of hydrogen-bond donors (Lipinski definition) is 0. The fraction of sp³-hybridized carbons (Fsp3) is 0.348. The van der Waals surface area contributed by atoms with Crippen molar-refractivity contribution in [3.8, 4) is 5.75 Å². The van der Waals surface area contributed by atoms with Gasteiger partial charge >= 0.3 is 5.97 Å². The Morgan fingerprint density at radius 1 is 1.19 bits per heavy atom. The summed E-state index contributed by atoms with van der Waals surface area (Å²) in [7, 11) is 5.61. The van der Waals surface area contributed by atoms with E-state index in [1.807, 2.05) is 18.2 Å². The largest absolute Gasteiger partial charge is 0.488 e. The summed E-state index contributed by atoms with van der Waals surface area (Å²) in [6, 6.07) is 14.3. The third-order valence-corrected chi connectivity index (χ3v) is 4.76. The Kier molecular flexibility index (Phi) is 6.30. The average Bonchev–Trinajstić information content (AvgIpc) is 2.82. The molecule has 0 bridgehead atoms. The normalized spacial score (nSPS) is 14.3. The first-order valence-corrected chi connectivity index (χ1v) is 9.34. The molecule has 0 saturated heterocycles. The van der Waals surface area contributed by atoms with Crippen molar-refractivity contribution in [3.63, 3.8) is 0 Å². The smallest absolute Gasteiger partial charge is 0.309 e. The van der Waals surface area contributed by atoms with Crippen LogP contribution in [0.25, 0.3) is 5.57 Å². The predicted molar refractivity (Wildman–Crippen MR) is 108 cm³/mol. The number of ether oxygens (including phenoxy) is 2. The Bertz CT molecular complexity index is 839. The first-order chi connectivity index (χ1) is 13.1. The molecule has 0 spiro atoms. The topological polar surface area (TPSA) is 38.8 Å². The number of nitrogens with zero attached hydrogens (tertiary/aromatic N) is 1. The number of unbranched alkanes of at least 4 members (excludes halogenated alkanes) is 1. The lowest BCUT2D eigenvalue weighted by Gasteiger charge is -2.13. The van der Waals surface area contributed by atoms with E-state index in [1.165, 1.54) is 23.8 Å². The molecule has 0 aliphatic carbocycles. The molecule has 0 fully saturated rings. The molecule has 0 aromatic heterocycles. The van der Waals surface area contributed by atoms with Crippen molar-refractivity contribution in [2.45, 2.75) is 25.9 Å². The zero-order chi connectivity index (χ0) is 19.2. The highest BCUT2D eigenvalue weighted by atomic mass is 16.5. The van der Waals surface area contributed by atoms with Gasteiger partial charge in [-0.15, -0.1) is 0 Å². The monoisotopic (exact) mass is 365 g/mol. The van der Waals surface area contributed by atoms with Crippen molar-refractivity contribution < 1.29 is 14.3 Å². The van der Waals surface area contributed by atoms with Gasteiger partial charge in [0.25, 0.3) is 0 Å². The highest BCUT2D eigenvalue weighted by Crippen LogP contribution is 2.37. The van der Waals surface area contributed by atoms with Crippen molar-refractivity contribution in [2.75, 3.05) is 27.7 Å². The molecule has 4 heteroatoms. The van der Waals surface area contributed by atoms with Gasteiger partial charge in [-0.05, 0) is 67.9 Å². The van der Waals surface area contributed by atoms with Crippen molar-refractivity contribution in [3.05, 3.63) is 70.8 Å². The number of esters is 1. The molecule has 0 amide bonds. The third-order valence-electron chi connectivity index (χ3n) is 4.76. The zero-order valence-corrected chi connectivity index (χ0v) is 16.3. The zero-order valence-electron chi connectivity index (χ0n) is 16.3. The van der Waals surface area contributed by atoms with E-state index in [-0.39, 0.29) is 12.4 Å². The minimum Gasteiger partial charge on any atom is -0.488 e. The van der Waals surface area contributed by atoms with Crippen LogP contribution in [0.3, 0.4) is 0 Å². The van der Waals surface area contributed by atoms with Crippen molar-refractivity contribution in [1.82, 2.24) is 4.90 Å². The molecular formula is C23H27NO3. The molecule has 0 unspecified atom stereocenters. The number of allylic oxidation sites excluding steroid dienone is 1. The molecule has 0 atom stereocenters. The summed E-state index contributed by atoms with van der Waals surface area (Å²) < 4.78 is 10.9. The molecule has 0 saturated carbocycles. The Hall–Kier alpha value is -2.59. The van der Waals surface area contributed by atoms with Crippen LogP contribution in [0.4, 0.5) is 0 Å². The molecule has 4 nitrogen and oxygen atoms in total. The maximum atomic E-state index is 11.7. The number of carbonyl (C=O) groups excluding carboxylic acids is 1. The fourth-order valence-electron chi connectivity index (χ4n) is 3.35. The minimum absolute atomic E-state index is 0.235.